The van der Waals surface area contributed by atoms with Crippen LogP contribution in [0.4, 0.5) is 0 Å². The molecule has 3 heteroatoms. The Labute approximate surface area is 111 Å². The molecule has 2 aromatic rings. The van der Waals surface area contributed by atoms with Gasteiger partial charge in [0.15, 0.2) is 0 Å². The molecule has 0 aliphatic heterocycles. The summed E-state index contributed by atoms with van der Waals surface area (Å²) < 4.78 is 0. The highest BCUT2D eigenvalue weighted by Crippen LogP contribution is 2.17. The van der Waals surface area contributed by atoms with Crippen LogP contribution in [0.25, 0.3) is 0 Å². The van der Waals surface area contributed by atoms with E-state index in [4.69, 9.17) is 11.6 Å². The van der Waals surface area contributed by atoms with Gasteiger partial charge in [0.2, 0.25) is 0 Å². The molecule has 0 saturated carbocycles. The number of hydrogen-bond acceptors (Lipinski definition) is 2. The van der Waals surface area contributed by atoms with Gasteiger partial charge in [-0.1, -0.05) is 17.7 Å². The predicted molar refractivity (Wildman–Crippen MR) is 75.8 cm³/mol. The summed E-state index contributed by atoms with van der Waals surface area (Å²) in [7, 11) is 0. The van der Waals surface area contributed by atoms with Gasteiger partial charge in [0.05, 0.1) is 0 Å². The van der Waals surface area contributed by atoms with Gasteiger partial charge >= 0.3 is 0 Å². The summed E-state index contributed by atoms with van der Waals surface area (Å²) in [6, 6.07) is 8.21. The van der Waals surface area contributed by atoms with Crippen molar-refractivity contribution in [3.05, 3.63) is 56.2 Å². The minimum Gasteiger partial charge on any atom is -0.308 e. The molecule has 0 spiro atoms. The van der Waals surface area contributed by atoms with Crippen LogP contribution in [0.1, 0.15) is 21.6 Å². The Morgan fingerprint density at radius 1 is 1.12 bits per heavy atom. The monoisotopic (exact) mass is 265 g/mol. The molecule has 90 valence electrons. The van der Waals surface area contributed by atoms with E-state index < -0.39 is 0 Å². The van der Waals surface area contributed by atoms with E-state index >= 15 is 0 Å². The lowest BCUT2D eigenvalue weighted by atomic mass is 10.1. The van der Waals surface area contributed by atoms with Crippen molar-refractivity contribution >= 4 is 22.9 Å². The molecular formula is C14H16ClNS. The summed E-state index contributed by atoms with van der Waals surface area (Å²) in [6.07, 6.45) is 0. The molecule has 0 radical (unpaired) electrons. The summed E-state index contributed by atoms with van der Waals surface area (Å²) in [5.74, 6) is 0. The number of aryl methyl sites for hydroxylation is 2. The average molecular weight is 266 g/mol. The second-order valence-electron chi connectivity index (χ2n) is 4.20. The van der Waals surface area contributed by atoms with E-state index in [0.717, 1.165) is 18.1 Å². The number of halogens is 1. The van der Waals surface area contributed by atoms with Gasteiger partial charge in [-0.15, -0.1) is 11.3 Å². The van der Waals surface area contributed by atoms with Gasteiger partial charge in [-0.3, -0.25) is 0 Å². The third-order valence-electron chi connectivity index (χ3n) is 2.87. The maximum absolute atomic E-state index is 5.93. The lowest BCUT2D eigenvalue weighted by molar-refractivity contribution is 0.696. The third-order valence-corrected chi connectivity index (χ3v) is 4.13. The molecule has 1 nitrogen and oxygen atoms in total. The van der Waals surface area contributed by atoms with Crippen LogP contribution < -0.4 is 5.32 Å². The molecule has 0 aliphatic carbocycles. The van der Waals surface area contributed by atoms with E-state index in [2.05, 4.69) is 36.7 Å². The van der Waals surface area contributed by atoms with Crippen LogP contribution in [-0.2, 0) is 13.1 Å². The van der Waals surface area contributed by atoms with E-state index in [0.29, 0.717) is 0 Å². The fourth-order valence-corrected chi connectivity index (χ4v) is 2.86. The lowest BCUT2D eigenvalue weighted by Crippen LogP contribution is -2.13. The number of nitrogens with one attached hydrogen (secondary N) is 1. The fourth-order valence-electron chi connectivity index (χ4n) is 1.75. The predicted octanol–water partition coefficient (Wildman–Crippen LogP) is 4.31. The summed E-state index contributed by atoms with van der Waals surface area (Å²) in [6.45, 7) is 6.08. The van der Waals surface area contributed by atoms with Crippen LogP contribution in [0.5, 0.6) is 0 Å². The van der Waals surface area contributed by atoms with Crippen molar-refractivity contribution in [3.8, 4) is 0 Å². The van der Waals surface area contributed by atoms with Crippen LogP contribution in [-0.4, -0.2) is 0 Å². The zero-order valence-electron chi connectivity index (χ0n) is 10.1. The summed E-state index contributed by atoms with van der Waals surface area (Å²) in [5, 5.41) is 6.42. The molecule has 0 atom stereocenters. The van der Waals surface area contributed by atoms with Gasteiger partial charge in [0.1, 0.15) is 0 Å². The van der Waals surface area contributed by atoms with E-state index in [1.165, 1.54) is 21.6 Å². The number of thiophene rings is 1. The van der Waals surface area contributed by atoms with Crippen molar-refractivity contribution in [2.24, 2.45) is 0 Å². The van der Waals surface area contributed by atoms with Crippen LogP contribution >= 0.6 is 22.9 Å². The number of rotatable bonds is 4. The second kappa shape index (κ2) is 5.67. The van der Waals surface area contributed by atoms with Gasteiger partial charge in [0.25, 0.3) is 0 Å². The summed E-state index contributed by atoms with van der Waals surface area (Å²) >= 11 is 7.74. The highest BCUT2D eigenvalue weighted by molar-refractivity contribution is 7.10. The quantitative estimate of drug-likeness (QED) is 0.869. The van der Waals surface area contributed by atoms with Crippen LogP contribution in [0.2, 0.25) is 5.02 Å². The molecule has 1 aromatic carbocycles. The zero-order valence-corrected chi connectivity index (χ0v) is 11.7. The Kier molecular flexibility index (Phi) is 4.21. The van der Waals surface area contributed by atoms with E-state index in [9.17, 15) is 0 Å². The van der Waals surface area contributed by atoms with E-state index in [1.807, 2.05) is 23.5 Å². The smallest absolute Gasteiger partial charge is 0.0408 e. The minimum absolute atomic E-state index is 0.806. The summed E-state index contributed by atoms with van der Waals surface area (Å²) in [5.41, 5.74) is 3.92. The van der Waals surface area contributed by atoms with Crippen LogP contribution in [0.15, 0.2) is 29.6 Å². The van der Waals surface area contributed by atoms with Crippen molar-refractivity contribution in [2.75, 3.05) is 0 Å². The molecule has 0 saturated heterocycles. The Balaban J connectivity index is 1.92. The average Bonchev–Trinajstić information content (AvgIpc) is 2.68. The molecule has 0 amide bonds. The highest BCUT2D eigenvalue weighted by Gasteiger charge is 2.01. The topological polar surface area (TPSA) is 12.0 Å². The van der Waals surface area contributed by atoms with Gasteiger partial charge < -0.3 is 5.32 Å². The normalized spacial score (nSPS) is 10.8. The van der Waals surface area contributed by atoms with Gasteiger partial charge in [-0.25, -0.2) is 0 Å². The summed E-state index contributed by atoms with van der Waals surface area (Å²) in [4.78, 5) is 1.41. The molecule has 0 fully saturated rings. The van der Waals surface area contributed by atoms with Crippen molar-refractivity contribution in [1.82, 2.24) is 5.32 Å². The van der Waals surface area contributed by atoms with E-state index in [-0.39, 0.29) is 0 Å². The van der Waals surface area contributed by atoms with Crippen molar-refractivity contribution in [2.45, 2.75) is 26.9 Å². The second-order valence-corrected chi connectivity index (χ2v) is 5.64. The fraction of sp³-hybridized carbons (Fsp3) is 0.286. The van der Waals surface area contributed by atoms with Gasteiger partial charge in [0, 0.05) is 23.0 Å². The molecule has 0 aliphatic rings. The van der Waals surface area contributed by atoms with Crippen molar-refractivity contribution < 1.29 is 0 Å². The largest absolute Gasteiger partial charge is 0.308 e. The van der Waals surface area contributed by atoms with Crippen LogP contribution in [0, 0.1) is 13.8 Å². The Morgan fingerprint density at radius 3 is 2.59 bits per heavy atom. The van der Waals surface area contributed by atoms with Crippen LogP contribution in [0.3, 0.4) is 0 Å². The molecule has 1 aromatic heterocycles. The third kappa shape index (κ3) is 3.32. The maximum atomic E-state index is 5.93. The lowest BCUT2D eigenvalue weighted by Gasteiger charge is -2.08. The molecule has 1 heterocycles. The molecule has 1 N–H and O–H groups in total. The SMILES string of the molecule is Cc1cc(Cl)ccc1CNCc1sccc1C. The van der Waals surface area contributed by atoms with Gasteiger partial charge in [-0.05, 0) is 54.1 Å². The number of hydrogen-bond donors (Lipinski definition) is 1. The standard InChI is InChI=1S/C14H16ClNS/c1-10-5-6-17-14(10)9-16-8-12-3-4-13(15)7-11(12)2/h3-7,16H,8-9H2,1-2H3. The molecule has 2 rings (SSSR count). The first-order chi connectivity index (χ1) is 8.16. The highest BCUT2D eigenvalue weighted by atomic mass is 35.5. The first-order valence-corrected chi connectivity index (χ1v) is 6.91. The minimum atomic E-state index is 0.806. The first kappa shape index (κ1) is 12.6. The van der Waals surface area contributed by atoms with Gasteiger partial charge in [-0.2, -0.15) is 0 Å². The molecule has 17 heavy (non-hydrogen) atoms. The Bertz CT molecular complexity index is 505. The maximum Gasteiger partial charge on any atom is 0.0408 e. The van der Waals surface area contributed by atoms with E-state index in [1.54, 1.807) is 0 Å². The Morgan fingerprint density at radius 2 is 1.94 bits per heavy atom. The Hall–Kier alpha value is -0.830. The zero-order chi connectivity index (χ0) is 12.3. The molecule has 0 bridgehead atoms. The number of benzene rings is 1. The molecule has 0 unspecified atom stereocenters. The first-order valence-electron chi connectivity index (χ1n) is 5.65. The molecular weight excluding hydrogens is 250 g/mol. The van der Waals surface area contributed by atoms with Crippen molar-refractivity contribution in [1.29, 1.82) is 0 Å². The van der Waals surface area contributed by atoms with Crippen molar-refractivity contribution in [3.63, 3.8) is 0 Å².